The highest BCUT2D eigenvalue weighted by atomic mass is 32.1. The molecule has 0 amide bonds. The summed E-state index contributed by atoms with van der Waals surface area (Å²) in [6.45, 7) is 6.62. The summed E-state index contributed by atoms with van der Waals surface area (Å²) in [4.78, 5) is 2.94. The van der Waals surface area contributed by atoms with Crippen LogP contribution in [0.2, 0.25) is 0 Å². The molecule has 0 aliphatic rings. The maximum atomic E-state index is 3.37. The van der Waals surface area contributed by atoms with E-state index in [4.69, 9.17) is 0 Å². The van der Waals surface area contributed by atoms with Crippen molar-refractivity contribution in [3.05, 3.63) is 21.4 Å². The van der Waals surface area contributed by atoms with Gasteiger partial charge in [0.05, 0.1) is 0 Å². The third-order valence-corrected chi connectivity index (χ3v) is 3.72. The van der Waals surface area contributed by atoms with Gasteiger partial charge in [0.1, 0.15) is 0 Å². The molecule has 1 N–H and O–H groups in total. The molecule has 1 atom stereocenters. The first kappa shape index (κ1) is 10.7. The van der Waals surface area contributed by atoms with Crippen LogP contribution in [0.25, 0.3) is 0 Å². The van der Waals surface area contributed by atoms with Gasteiger partial charge in [-0.1, -0.05) is 13.3 Å². The first-order valence-electron chi connectivity index (χ1n) is 4.93. The van der Waals surface area contributed by atoms with Gasteiger partial charge in [0.15, 0.2) is 0 Å². The highest BCUT2D eigenvalue weighted by molar-refractivity contribution is 7.12. The molecule has 0 aliphatic heterocycles. The normalized spacial score (nSPS) is 13.2. The molecule has 0 bridgehead atoms. The molecule has 0 saturated carbocycles. The summed E-state index contributed by atoms with van der Waals surface area (Å²) < 4.78 is 0. The molecular weight excluding hydrogens is 178 g/mol. The van der Waals surface area contributed by atoms with Crippen LogP contribution >= 0.6 is 11.3 Å². The Morgan fingerprint density at radius 3 is 2.54 bits per heavy atom. The van der Waals surface area contributed by atoms with Gasteiger partial charge in [-0.25, -0.2) is 0 Å². The second kappa shape index (κ2) is 4.77. The van der Waals surface area contributed by atoms with Gasteiger partial charge in [-0.3, -0.25) is 0 Å². The standard InChI is InChI=1S/C11H19NS/c1-5-6-10(12-4)11-7-8(2)9(3)13-11/h7,10,12H,5-6H2,1-4H3. The van der Waals surface area contributed by atoms with Crippen molar-refractivity contribution in [1.82, 2.24) is 5.32 Å². The van der Waals surface area contributed by atoms with Crippen LogP contribution < -0.4 is 5.32 Å². The van der Waals surface area contributed by atoms with E-state index in [1.165, 1.54) is 28.2 Å². The van der Waals surface area contributed by atoms with E-state index in [-0.39, 0.29) is 0 Å². The lowest BCUT2D eigenvalue weighted by Crippen LogP contribution is -2.14. The van der Waals surface area contributed by atoms with E-state index < -0.39 is 0 Å². The van der Waals surface area contributed by atoms with Crippen molar-refractivity contribution in [1.29, 1.82) is 0 Å². The Morgan fingerprint density at radius 1 is 1.46 bits per heavy atom. The molecular formula is C11H19NS. The maximum Gasteiger partial charge on any atom is 0.0412 e. The minimum atomic E-state index is 0.558. The molecule has 0 aromatic carbocycles. The predicted octanol–water partition coefficient (Wildman–Crippen LogP) is 3.43. The highest BCUT2D eigenvalue weighted by Gasteiger charge is 2.11. The summed E-state index contributed by atoms with van der Waals surface area (Å²) in [6.07, 6.45) is 2.47. The Balaban J connectivity index is 2.78. The van der Waals surface area contributed by atoms with Crippen LogP contribution in [-0.2, 0) is 0 Å². The zero-order valence-corrected chi connectivity index (χ0v) is 9.79. The molecule has 0 fully saturated rings. The zero-order chi connectivity index (χ0) is 9.84. The van der Waals surface area contributed by atoms with Gasteiger partial charge < -0.3 is 5.32 Å². The number of thiophene rings is 1. The molecule has 1 aromatic heterocycles. The van der Waals surface area contributed by atoms with Crippen LogP contribution in [0.4, 0.5) is 0 Å². The van der Waals surface area contributed by atoms with Gasteiger partial charge in [0, 0.05) is 15.8 Å². The van der Waals surface area contributed by atoms with Crippen molar-refractivity contribution in [2.75, 3.05) is 7.05 Å². The monoisotopic (exact) mass is 197 g/mol. The Morgan fingerprint density at radius 2 is 2.15 bits per heavy atom. The fourth-order valence-electron chi connectivity index (χ4n) is 1.49. The van der Waals surface area contributed by atoms with Crippen molar-refractivity contribution in [3.8, 4) is 0 Å². The molecule has 0 saturated heterocycles. The quantitative estimate of drug-likeness (QED) is 0.780. The number of hydrogen-bond donors (Lipinski definition) is 1. The lowest BCUT2D eigenvalue weighted by Gasteiger charge is -2.12. The van der Waals surface area contributed by atoms with E-state index in [0.717, 1.165) is 0 Å². The molecule has 2 heteroatoms. The predicted molar refractivity (Wildman–Crippen MR) is 60.5 cm³/mol. The largest absolute Gasteiger partial charge is 0.312 e. The summed E-state index contributed by atoms with van der Waals surface area (Å²) in [5.74, 6) is 0. The average Bonchev–Trinajstić information content (AvgIpc) is 2.43. The number of hydrogen-bond acceptors (Lipinski definition) is 2. The summed E-state index contributed by atoms with van der Waals surface area (Å²) >= 11 is 1.92. The minimum Gasteiger partial charge on any atom is -0.312 e. The molecule has 0 aliphatic carbocycles. The third kappa shape index (κ3) is 2.55. The zero-order valence-electron chi connectivity index (χ0n) is 8.98. The fourth-order valence-corrected chi connectivity index (χ4v) is 2.68. The smallest absolute Gasteiger partial charge is 0.0412 e. The van der Waals surface area contributed by atoms with Gasteiger partial charge in [0.2, 0.25) is 0 Å². The minimum absolute atomic E-state index is 0.558. The van der Waals surface area contributed by atoms with Gasteiger partial charge >= 0.3 is 0 Å². The lowest BCUT2D eigenvalue weighted by molar-refractivity contribution is 0.550. The van der Waals surface area contributed by atoms with E-state index in [1.54, 1.807) is 0 Å². The molecule has 1 rings (SSSR count). The topological polar surface area (TPSA) is 12.0 Å². The van der Waals surface area contributed by atoms with Gasteiger partial charge in [0.25, 0.3) is 0 Å². The maximum absolute atomic E-state index is 3.37. The summed E-state index contributed by atoms with van der Waals surface area (Å²) in [5, 5.41) is 3.37. The van der Waals surface area contributed by atoms with E-state index in [1.807, 2.05) is 18.4 Å². The number of aryl methyl sites for hydroxylation is 2. The summed E-state index contributed by atoms with van der Waals surface area (Å²) in [7, 11) is 2.05. The van der Waals surface area contributed by atoms with Crippen molar-refractivity contribution >= 4 is 11.3 Å². The Hall–Kier alpha value is -0.340. The van der Waals surface area contributed by atoms with E-state index in [0.29, 0.717) is 6.04 Å². The van der Waals surface area contributed by atoms with Crippen molar-refractivity contribution in [3.63, 3.8) is 0 Å². The van der Waals surface area contributed by atoms with Crippen LogP contribution in [0.15, 0.2) is 6.07 Å². The molecule has 1 aromatic rings. The van der Waals surface area contributed by atoms with E-state index in [9.17, 15) is 0 Å². The Labute approximate surface area is 85.2 Å². The van der Waals surface area contributed by atoms with Crippen molar-refractivity contribution in [2.45, 2.75) is 39.7 Å². The second-order valence-electron chi connectivity index (χ2n) is 3.52. The van der Waals surface area contributed by atoms with Crippen LogP contribution in [0.1, 0.15) is 41.1 Å². The summed E-state index contributed by atoms with van der Waals surface area (Å²) in [6, 6.07) is 2.87. The van der Waals surface area contributed by atoms with Crippen LogP contribution in [0.5, 0.6) is 0 Å². The van der Waals surface area contributed by atoms with Gasteiger partial charge in [-0.2, -0.15) is 0 Å². The number of nitrogens with one attached hydrogen (secondary N) is 1. The third-order valence-electron chi connectivity index (χ3n) is 2.45. The molecule has 0 radical (unpaired) electrons. The average molecular weight is 197 g/mol. The Bertz CT molecular complexity index is 246. The molecule has 13 heavy (non-hydrogen) atoms. The molecule has 74 valence electrons. The lowest BCUT2D eigenvalue weighted by atomic mass is 10.1. The van der Waals surface area contributed by atoms with Crippen LogP contribution in [-0.4, -0.2) is 7.05 Å². The Kier molecular flexibility index (Phi) is 3.94. The van der Waals surface area contributed by atoms with Gasteiger partial charge in [-0.15, -0.1) is 11.3 Å². The number of rotatable bonds is 4. The van der Waals surface area contributed by atoms with Gasteiger partial charge in [-0.05, 0) is 38.9 Å². The van der Waals surface area contributed by atoms with Crippen molar-refractivity contribution < 1.29 is 0 Å². The van der Waals surface area contributed by atoms with Crippen molar-refractivity contribution in [2.24, 2.45) is 0 Å². The first-order valence-corrected chi connectivity index (χ1v) is 5.74. The molecule has 1 heterocycles. The second-order valence-corrected chi connectivity index (χ2v) is 4.81. The van der Waals surface area contributed by atoms with E-state index >= 15 is 0 Å². The first-order chi connectivity index (χ1) is 6.19. The van der Waals surface area contributed by atoms with Crippen LogP contribution in [0.3, 0.4) is 0 Å². The van der Waals surface area contributed by atoms with Crippen LogP contribution in [0, 0.1) is 13.8 Å². The fraction of sp³-hybridized carbons (Fsp3) is 0.636. The highest BCUT2D eigenvalue weighted by Crippen LogP contribution is 2.28. The summed E-state index contributed by atoms with van der Waals surface area (Å²) in [5.41, 5.74) is 1.43. The SMILES string of the molecule is CCCC(NC)c1cc(C)c(C)s1. The molecule has 1 nitrogen and oxygen atoms in total. The molecule has 1 unspecified atom stereocenters. The van der Waals surface area contributed by atoms with E-state index in [2.05, 4.69) is 32.2 Å². The molecule has 0 spiro atoms.